The zero-order chi connectivity index (χ0) is 14.8. The number of carbonyl (C=O) groups is 1. The highest BCUT2D eigenvalue weighted by atomic mass is 16.3. The number of likely N-dealkylation sites (tertiary alicyclic amines) is 1. The minimum absolute atomic E-state index is 0.0649. The molecule has 6 heteroatoms. The van der Waals surface area contributed by atoms with Crippen LogP contribution >= 0.6 is 0 Å². The van der Waals surface area contributed by atoms with E-state index in [-0.39, 0.29) is 11.9 Å². The lowest BCUT2D eigenvalue weighted by atomic mass is 10.0. The fraction of sp³-hybridized carbons (Fsp3) is 0.467. The van der Waals surface area contributed by atoms with Crippen molar-refractivity contribution in [2.45, 2.75) is 31.8 Å². The average molecular weight is 288 g/mol. The van der Waals surface area contributed by atoms with Gasteiger partial charge in [0.15, 0.2) is 5.58 Å². The quantitative estimate of drug-likeness (QED) is 0.836. The first kappa shape index (κ1) is 13.9. The first-order valence-electron chi connectivity index (χ1n) is 7.28. The van der Waals surface area contributed by atoms with Gasteiger partial charge in [-0.25, -0.2) is 4.98 Å². The smallest absolute Gasteiger partial charge is 0.237 e. The van der Waals surface area contributed by atoms with Gasteiger partial charge in [-0.3, -0.25) is 9.69 Å². The van der Waals surface area contributed by atoms with Gasteiger partial charge >= 0.3 is 0 Å². The van der Waals surface area contributed by atoms with E-state index in [9.17, 15) is 4.79 Å². The lowest BCUT2D eigenvalue weighted by molar-refractivity contribution is -0.127. The normalized spacial score (nSPS) is 19.8. The molecule has 1 aliphatic rings. The van der Waals surface area contributed by atoms with Gasteiger partial charge in [0.05, 0.1) is 12.6 Å². The van der Waals surface area contributed by atoms with Gasteiger partial charge in [0.1, 0.15) is 5.52 Å². The van der Waals surface area contributed by atoms with Crippen LogP contribution in [0.2, 0.25) is 0 Å². The predicted octanol–water partition coefficient (Wildman–Crippen LogP) is 1.51. The van der Waals surface area contributed by atoms with Crippen molar-refractivity contribution in [2.75, 3.05) is 19.3 Å². The van der Waals surface area contributed by atoms with E-state index in [4.69, 9.17) is 10.2 Å². The third-order valence-corrected chi connectivity index (χ3v) is 3.96. The van der Waals surface area contributed by atoms with Gasteiger partial charge in [0.2, 0.25) is 11.8 Å². The number of hydrogen-bond acceptors (Lipinski definition) is 5. The Labute approximate surface area is 123 Å². The molecule has 0 radical (unpaired) electrons. The molecule has 0 spiro atoms. The second-order valence-corrected chi connectivity index (χ2v) is 5.43. The summed E-state index contributed by atoms with van der Waals surface area (Å²) in [6.07, 6.45) is 3.06. The van der Waals surface area contributed by atoms with Crippen LogP contribution in [0.15, 0.2) is 22.6 Å². The first-order valence-corrected chi connectivity index (χ1v) is 7.28. The number of nitrogens with two attached hydrogens (primary N) is 1. The Kier molecular flexibility index (Phi) is 3.79. The lowest BCUT2D eigenvalue weighted by Gasteiger charge is -2.33. The summed E-state index contributed by atoms with van der Waals surface area (Å²) in [7, 11) is 1.68. The number of fused-ring (bicyclic) bond motifs is 1. The van der Waals surface area contributed by atoms with E-state index in [1.807, 2.05) is 12.1 Å². The summed E-state index contributed by atoms with van der Waals surface area (Å²) >= 11 is 0. The van der Waals surface area contributed by atoms with Crippen molar-refractivity contribution in [3.05, 3.63) is 24.1 Å². The molecule has 1 fully saturated rings. The highest BCUT2D eigenvalue weighted by Crippen LogP contribution is 2.23. The summed E-state index contributed by atoms with van der Waals surface area (Å²) < 4.78 is 5.75. The van der Waals surface area contributed by atoms with Crippen LogP contribution < -0.4 is 11.1 Å². The molecule has 0 aliphatic carbocycles. The topological polar surface area (TPSA) is 84.4 Å². The number of rotatable bonds is 3. The molecule has 6 nitrogen and oxygen atoms in total. The van der Waals surface area contributed by atoms with Crippen LogP contribution in [-0.4, -0.2) is 35.4 Å². The molecule has 1 aliphatic heterocycles. The minimum atomic E-state index is -0.0937. The molecule has 21 heavy (non-hydrogen) atoms. The Bertz CT molecular complexity index is 652. The predicted molar refractivity (Wildman–Crippen MR) is 80.5 cm³/mol. The number of nitrogens with zero attached hydrogens (tertiary/aromatic N) is 2. The van der Waals surface area contributed by atoms with Crippen molar-refractivity contribution >= 4 is 22.7 Å². The van der Waals surface area contributed by atoms with E-state index in [1.165, 1.54) is 0 Å². The molecule has 1 aromatic carbocycles. The standard InChI is InChI=1S/C15H20N4O2/c1-17-15(20)12-4-2-3-7-19(12)9-14-18-11-6-5-10(16)8-13(11)21-14/h5-6,8,12H,2-4,7,9,16H2,1H3,(H,17,20). The molecule has 112 valence electrons. The van der Waals surface area contributed by atoms with Crippen molar-refractivity contribution in [1.82, 2.24) is 15.2 Å². The Morgan fingerprint density at radius 1 is 1.52 bits per heavy atom. The SMILES string of the molecule is CNC(=O)C1CCCCN1Cc1nc2ccc(N)cc2o1. The molecule has 1 amide bonds. The van der Waals surface area contributed by atoms with Gasteiger partial charge in [-0.15, -0.1) is 0 Å². The molecule has 1 atom stereocenters. The first-order chi connectivity index (χ1) is 10.2. The molecule has 1 unspecified atom stereocenters. The molecule has 0 saturated carbocycles. The molecule has 2 aromatic rings. The van der Waals surface area contributed by atoms with E-state index < -0.39 is 0 Å². The Morgan fingerprint density at radius 3 is 3.19 bits per heavy atom. The summed E-state index contributed by atoms with van der Waals surface area (Å²) in [4.78, 5) is 18.6. The van der Waals surface area contributed by atoms with Gasteiger partial charge in [0.25, 0.3) is 0 Å². The van der Waals surface area contributed by atoms with Crippen LogP contribution in [0.4, 0.5) is 5.69 Å². The second-order valence-electron chi connectivity index (χ2n) is 5.43. The number of aromatic nitrogens is 1. The third-order valence-electron chi connectivity index (χ3n) is 3.96. The maximum absolute atomic E-state index is 12.0. The van der Waals surface area contributed by atoms with Crippen LogP contribution in [0, 0.1) is 0 Å². The largest absolute Gasteiger partial charge is 0.439 e. The monoisotopic (exact) mass is 288 g/mol. The molecule has 3 N–H and O–H groups in total. The Balaban J connectivity index is 1.80. The van der Waals surface area contributed by atoms with Crippen molar-refractivity contribution in [2.24, 2.45) is 0 Å². The molecule has 3 rings (SSSR count). The van der Waals surface area contributed by atoms with Gasteiger partial charge in [-0.05, 0) is 31.5 Å². The fourth-order valence-corrected chi connectivity index (χ4v) is 2.87. The maximum Gasteiger partial charge on any atom is 0.237 e. The van der Waals surface area contributed by atoms with Gasteiger partial charge in [-0.2, -0.15) is 0 Å². The zero-order valence-corrected chi connectivity index (χ0v) is 12.1. The fourth-order valence-electron chi connectivity index (χ4n) is 2.87. The summed E-state index contributed by atoms with van der Waals surface area (Å²) in [6.45, 7) is 1.44. The van der Waals surface area contributed by atoms with Crippen LogP contribution in [0.1, 0.15) is 25.2 Å². The van der Waals surface area contributed by atoms with E-state index in [2.05, 4.69) is 15.2 Å². The van der Waals surface area contributed by atoms with Gasteiger partial charge in [-0.1, -0.05) is 6.42 Å². The molecule has 0 bridgehead atoms. The highest BCUT2D eigenvalue weighted by molar-refractivity contribution is 5.81. The number of likely N-dealkylation sites (N-methyl/N-ethyl adjacent to an activating group) is 1. The number of amides is 1. The van der Waals surface area contributed by atoms with Crippen molar-refractivity contribution in [3.63, 3.8) is 0 Å². The lowest BCUT2D eigenvalue weighted by Crippen LogP contribution is -2.48. The Hall–Kier alpha value is -2.08. The molecule has 2 heterocycles. The minimum Gasteiger partial charge on any atom is -0.439 e. The van der Waals surface area contributed by atoms with Crippen LogP contribution in [-0.2, 0) is 11.3 Å². The number of benzene rings is 1. The number of piperidine rings is 1. The van der Waals surface area contributed by atoms with Crippen LogP contribution in [0.3, 0.4) is 0 Å². The van der Waals surface area contributed by atoms with Gasteiger partial charge in [0, 0.05) is 18.8 Å². The number of anilines is 1. The molecular weight excluding hydrogens is 268 g/mol. The summed E-state index contributed by atoms with van der Waals surface area (Å²) in [5, 5.41) is 2.74. The average Bonchev–Trinajstić information content (AvgIpc) is 2.88. The molecular formula is C15H20N4O2. The third kappa shape index (κ3) is 2.85. The summed E-state index contributed by atoms with van der Waals surface area (Å²) in [6, 6.07) is 5.34. The highest BCUT2D eigenvalue weighted by Gasteiger charge is 2.29. The molecule has 1 aromatic heterocycles. The summed E-state index contributed by atoms with van der Waals surface area (Å²) in [5.74, 6) is 0.696. The van der Waals surface area contributed by atoms with Crippen LogP contribution in [0.25, 0.3) is 11.1 Å². The number of nitrogens with one attached hydrogen (secondary N) is 1. The second kappa shape index (κ2) is 5.73. The summed E-state index contributed by atoms with van der Waals surface area (Å²) in [5.41, 5.74) is 7.90. The van der Waals surface area contributed by atoms with E-state index in [1.54, 1.807) is 13.1 Å². The number of nitrogen functional groups attached to an aromatic ring is 1. The van der Waals surface area contributed by atoms with Crippen molar-refractivity contribution in [3.8, 4) is 0 Å². The van der Waals surface area contributed by atoms with Crippen molar-refractivity contribution in [1.29, 1.82) is 0 Å². The Morgan fingerprint density at radius 2 is 2.38 bits per heavy atom. The van der Waals surface area contributed by atoms with Crippen molar-refractivity contribution < 1.29 is 9.21 Å². The molecule has 1 saturated heterocycles. The number of oxazole rings is 1. The number of carbonyl (C=O) groups excluding carboxylic acids is 1. The van der Waals surface area contributed by atoms with Crippen LogP contribution in [0.5, 0.6) is 0 Å². The van der Waals surface area contributed by atoms with Gasteiger partial charge < -0.3 is 15.5 Å². The number of hydrogen-bond donors (Lipinski definition) is 2. The van der Waals surface area contributed by atoms with E-state index in [0.717, 1.165) is 31.3 Å². The van der Waals surface area contributed by atoms with E-state index >= 15 is 0 Å². The maximum atomic E-state index is 12.0. The zero-order valence-electron chi connectivity index (χ0n) is 12.1. The van der Waals surface area contributed by atoms with E-state index in [0.29, 0.717) is 23.7 Å².